The highest BCUT2D eigenvalue weighted by Crippen LogP contribution is 2.27. The smallest absolute Gasteiger partial charge is 0.348 e. The Morgan fingerprint density at radius 3 is 2.46 bits per heavy atom. The van der Waals surface area contributed by atoms with Gasteiger partial charge in [-0.05, 0) is 31.4 Å². The van der Waals surface area contributed by atoms with Gasteiger partial charge in [0.05, 0.1) is 6.04 Å². The van der Waals surface area contributed by atoms with E-state index >= 15 is 0 Å². The molecule has 0 saturated carbocycles. The van der Waals surface area contributed by atoms with E-state index in [-0.39, 0.29) is 23.7 Å². The summed E-state index contributed by atoms with van der Waals surface area (Å²) in [6.07, 6.45) is -2.47. The molecule has 0 spiro atoms. The second kappa shape index (κ2) is 7.22. The Hall–Kier alpha value is -2.16. The van der Waals surface area contributed by atoms with Crippen molar-refractivity contribution in [2.75, 3.05) is 26.7 Å². The van der Waals surface area contributed by atoms with E-state index in [9.17, 15) is 22.8 Å². The van der Waals surface area contributed by atoms with Crippen LogP contribution in [-0.4, -0.2) is 65.4 Å². The third kappa shape index (κ3) is 3.98. The van der Waals surface area contributed by atoms with Crippen LogP contribution in [0.2, 0.25) is 0 Å². The van der Waals surface area contributed by atoms with Gasteiger partial charge in [-0.1, -0.05) is 6.07 Å². The van der Waals surface area contributed by atoms with Crippen LogP contribution in [0.1, 0.15) is 35.4 Å². The fraction of sp³-hybridized carbons (Fsp3) is 0.588. The maximum atomic E-state index is 12.7. The van der Waals surface area contributed by atoms with Gasteiger partial charge in [0.2, 0.25) is 5.91 Å². The lowest BCUT2D eigenvalue weighted by atomic mass is 10.0. The number of alkyl halides is 3. The Balaban J connectivity index is 1.55. The van der Waals surface area contributed by atoms with Crippen LogP contribution in [0.15, 0.2) is 18.2 Å². The van der Waals surface area contributed by atoms with Gasteiger partial charge in [-0.2, -0.15) is 13.2 Å². The molecule has 1 aromatic heterocycles. The molecule has 2 aliphatic heterocycles. The summed E-state index contributed by atoms with van der Waals surface area (Å²) in [4.78, 5) is 31.5. The zero-order valence-electron chi connectivity index (χ0n) is 14.4. The average molecular weight is 370 g/mol. The quantitative estimate of drug-likeness (QED) is 0.876. The van der Waals surface area contributed by atoms with Gasteiger partial charge >= 0.3 is 6.18 Å². The standard InChI is InChI=1S/C17H21F3N4O2/c1-23-8-7-13(16(23)26)24-9-5-11(6-10-24)21-15(25)12-3-2-4-14(22-12)17(18,19)20/h2-4,11,13H,5-10H2,1H3,(H,21,25)/t13-/m1/s1. The Bertz CT molecular complexity index is 687. The number of hydrogen-bond donors (Lipinski definition) is 1. The van der Waals surface area contributed by atoms with Crippen LogP contribution >= 0.6 is 0 Å². The molecule has 26 heavy (non-hydrogen) atoms. The number of likely N-dealkylation sites (N-methyl/N-ethyl adjacent to an activating group) is 1. The zero-order chi connectivity index (χ0) is 18.9. The van der Waals surface area contributed by atoms with Crippen molar-refractivity contribution < 1.29 is 22.8 Å². The first kappa shape index (κ1) is 18.6. The molecule has 2 fully saturated rings. The molecule has 2 saturated heterocycles. The van der Waals surface area contributed by atoms with Crippen LogP contribution in [0, 0.1) is 0 Å². The van der Waals surface area contributed by atoms with Crippen molar-refractivity contribution in [3.63, 3.8) is 0 Å². The molecule has 3 rings (SSSR count). The van der Waals surface area contributed by atoms with Crippen LogP contribution < -0.4 is 5.32 Å². The molecule has 2 aliphatic rings. The molecule has 0 bridgehead atoms. The van der Waals surface area contributed by atoms with E-state index in [1.807, 2.05) is 0 Å². The van der Waals surface area contributed by atoms with Crippen LogP contribution in [0.3, 0.4) is 0 Å². The van der Waals surface area contributed by atoms with Gasteiger partial charge in [-0.15, -0.1) is 0 Å². The Morgan fingerprint density at radius 1 is 1.19 bits per heavy atom. The van der Waals surface area contributed by atoms with Crippen molar-refractivity contribution in [2.24, 2.45) is 0 Å². The van der Waals surface area contributed by atoms with Crippen LogP contribution in [-0.2, 0) is 11.0 Å². The predicted octanol–water partition coefficient (Wildman–Crippen LogP) is 1.53. The summed E-state index contributed by atoms with van der Waals surface area (Å²) in [6, 6.07) is 3.05. The van der Waals surface area contributed by atoms with E-state index in [0.29, 0.717) is 25.9 Å². The number of carbonyl (C=O) groups is 2. The minimum Gasteiger partial charge on any atom is -0.348 e. The first-order valence-corrected chi connectivity index (χ1v) is 8.60. The normalized spacial score (nSPS) is 22.7. The van der Waals surface area contributed by atoms with Gasteiger partial charge < -0.3 is 10.2 Å². The highest BCUT2D eigenvalue weighted by atomic mass is 19.4. The number of halogens is 3. The zero-order valence-corrected chi connectivity index (χ0v) is 14.4. The van der Waals surface area contributed by atoms with Gasteiger partial charge in [-0.25, -0.2) is 4.98 Å². The molecule has 1 N–H and O–H groups in total. The molecule has 2 amide bonds. The molecule has 1 aromatic rings. The Labute approximate surface area is 149 Å². The van der Waals surface area contributed by atoms with Gasteiger partial charge in [-0.3, -0.25) is 14.5 Å². The molecule has 6 nitrogen and oxygen atoms in total. The average Bonchev–Trinajstić information content (AvgIpc) is 2.94. The molecule has 9 heteroatoms. The second-order valence-corrected chi connectivity index (χ2v) is 6.75. The van der Waals surface area contributed by atoms with E-state index < -0.39 is 17.8 Å². The minimum absolute atomic E-state index is 0.0956. The predicted molar refractivity (Wildman–Crippen MR) is 87.3 cm³/mol. The number of aromatic nitrogens is 1. The van der Waals surface area contributed by atoms with Crippen LogP contribution in [0.25, 0.3) is 0 Å². The van der Waals surface area contributed by atoms with E-state index in [2.05, 4.69) is 15.2 Å². The van der Waals surface area contributed by atoms with Gasteiger partial charge in [0.15, 0.2) is 0 Å². The highest BCUT2D eigenvalue weighted by molar-refractivity contribution is 5.92. The number of likely N-dealkylation sites (tertiary alicyclic amines) is 2. The van der Waals surface area contributed by atoms with Gasteiger partial charge in [0.1, 0.15) is 11.4 Å². The first-order valence-electron chi connectivity index (χ1n) is 8.60. The molecule has 3 heterocycles. The van der Waals surface area contributed by atoms with Gasteiger partial charge in [0.25, 0.3) is 5.91 Å². The van der Waals surface area contributed by atoms with E-state index in [0.717, 1.165) is 19.0 Å². The fourth-order valence-corrected chi connectivity index (χ4v) is 3.48. The lowest BCUT2D eigenvalue weighted by molar-refractivity contribution is -0.141. The van der Waals surface area contributed by atoms with Crippen molar-refractivity contribution in [1.29, 1.82) is 0 Å². The minimum atomic E-state index is -4.58. The van der Waals surface area contributed by atoms with Crippen molar-refractivity contribution in [3.8, 4) is 0 Å². The molecule has 0 radical (unpaired) electrons. The molecule has 0 aromatic carbocycles. The summed E-state index contributed by atoms with van der Waals surface area (Å²) >= 11 is 0. The largest absolute Gasteiger partial charge is 0.433 e. The number of piperidine rings is 1. The number of hydrogen-bond acceptors (Lipinski definition) is 4. The second-order valence-electron chi connectivity index (χ2n) is 6.75. The fourth-order valence-electron chi connectivity index (χ4n) is 3.48. The molecular formula is C17H21F3N4O2. The lowest BCUT2D eigenvalue weighted by Crippen LogP contribution is -2.50. The number of nitrogens with zero attached hydrogens (tertiary/aromatic N) is 3. The summed E-state index contributed by atoms with van der Waals surface area (Å²) < 4.78 is 38.1. The van der Waals surface area contributed by atoms with Crippen LogP contribution in [0.4, 0.5) is 13.2 Å². The van der Waals surface area contributed by atoms with E-state index in [4.69, 9.17) is 0 Å². The summed E-state index contributed by atoms with van der Waals surface area (Å²) in [5.41, 5.74) is -1.32. The van der Waals surface area contributed by atoms with E-state index in [1.165, 1.54) is 12.1 Å². The first-order chi connectivity index (χ1) is 12.3. The van der Waals surface area contributed by atoms with Crippen molar-refractivity contribution in [1.82, 2.24) is 20.1 Å². The number of nitrogens with one attached hydrogen (secondary N) is 1. The summed E-state index contributed by atoms with van der Waals surface area (Å²) in [5.74, 6) is -0.480. The summed E-state index contributed by atoms with van der Waals surface area (Å²) in [5, 5.41) is 2.75. The maximum Gasteiger partial charge on any atom is 0.433 e. The highest BCUT2D eigenvalue weighted by Gasteiger charge is 2.36. The topological polar surface area (TPSA) is 65.5 Å². The Morgan fingerprint density at radius 2 is 1.88 bits per heavy atom. The number of rotatable bonds is 3. The lowest BCUT2D eigenvalue weighted by Gasteiger charge is -2.35. The van der Waals surface area contributed by atoms with Crippen molar-refractivity contribution in [2.45, 2.75) is 37.5 Å². The Kier molecular flexibility index (Phi) is 5.17. The van der Waals surface area contributed by atoms with Crippen molar-refractivity contribution >= 4 is 11.8 Å². The summed E-state index contributed by atoms with van der Waals surface area (Å²) in [7, 11) is 1.79. The molecule has 0 aliphatic carbocycles. The molecule has 1 atom stereocenters. The number of amides is 2. The monoisotopic (exact) mass is 370 g/mol. The number of carbonyl (C=O) groups excluding carboxylic acids is 2. The molecular weight excluding hydrogens is 349 g/mol. The van der Waals surface area contributed by atoms with Crippen molar-refractivity contribution in [3.05, 3.63) is 29.6 Å². The van der Waals surface area contributed by atoms with Crippen LogP contribution in [0.5, 0.6) is 0 Å². The third-order valence-corrected chi connectivity index (χ3v) is 4.98. The number of pyridine rings is 1. The van der Waals surface area contributed by atoms with E-state index in [1.54, 1.807) is 11.9 Å². The third-order valence-electron chi connectivity index (χ3n) is 4.98. The summed E-state index contributed by atoms with van der Waals surface area (Å²) in [6.45, 7) is 2.10. The molecule has 142 valence electrons. The maximum absolute atomic E-state index is 12.7. The SMILES string of the molecule is CN1CC[C@@H](N2CCC(NC(=O)c3cccc(C(F)(F)F)n3)CC2)C1=O. The van der Waals surface area contributed by atoms with Gasteiger partial charge in [0, 0.05) is 32.7 Å². The molecule has 0 unspecified atom stereocenters.